The lowest BCUT2D eigenvalue weighted by Gasteiger charge is -2.29. The molecule has 8 nitrogen and oxygen atoms in total. The zero-order valence-corrected chi connectivity index (χ0v) is 16.5. The molecule has 0 radical (unpaired) electrons. The molecule has 0 saturated carbocycles. The third kappa shape index (κ3) is 5.30. The molecule has 1 aromatic carbocycles. The van der Waals surface area contributed by atoms with Crippen LogP contribution < -0.4 is 10.2 Å². The first-order valence-corrected chi connectivity index (χ1v) is 9.96. The number of amides is 2. The van der Waals surface area contributed by atoms with Crippen molar-refractivity contribution in [3.05, 3.63) is 36.2 Å². The average Bonchev–Trinajstić information content (AvgIpc) is 3.01. The zero-order valence-electron chi connectivity index (χ0n) is 15.6. The summed E-state index contributed by atoms with van der Waals surface area (Å²) in [6.45, 7) is 3.58. The summed E-state index contributed by atoms with van der Waals surface area (Å²) in [4.78, 5) is 27.9. The standard InChI is InChI=1S/C18H24N6O2S/c1-22-8-10-24(11-9-22)17(26)13-27-18-21-20-15(23(18)2)12-16(25)19-14-6-4-3-5-7-14/h3-7H,8-13H2,1-2H3,(H,19,25)/p+1. The summed E-state index contributed by atoms with van der Waals surface area (Å²) in [5.41, 5.74) is 0.749. The molecule has 1 fully saturated rings. The zero-order chi connectivity index (χ0) is 19.2. The predicted molar refractivity (Wildman–Crippen MR) is 104 cm³/mol. The van der Waals surface area contributed by atoms with Gasteiger partial charge in [0.15, 0.2) is 5.16 Å². The second-order valence-electron chi connectivity index (χ2n) is 6.68. The summed E-state index contributed by atoms with van der Waals surface area (Å²) in [5.74, 6) is 0.881. The van der Waals surface area contributed by atoms with Gasteiger partial charge in [0.25, 0.3) is 0 Å². The fourth-order valence-corrected chi connectivity index (χ4v) is 3.68. The Bertz CT molecular complexity index is 786. The van der Waals surface area contributed by atoms with Gasteiger partial charge in [0, 0.05) is 12.7 Å². The van der Waals surface area contributed by atoms with Gasteiger partial charge in [-0.2, -0.15) is 0 Å². The topological polar surface area (TPSA) is 84.6 Å². The Morgan fingerprint density at radius 1 is 1.19 bits per heavy atom. The van der Waals surface area contributed by atoms with Crippen LogP contribution in [0.2, 0.25) is 0 Å². The Morgan fingerprint density at radius 3 is 2.59 bits per heavy atom. The highest BCUT2D eigenvalue weighted by Crippen LogP contribution is 2.17. The third-order valence-electron chi connectivity index (χ3n) is 4.60. The van der Waals surface area contributed by atoms with E-state index in [9.17, 15) is 9.59 Å². The van der Waals surface area contributed by atoms with Crippen LogP contribution in [-0.2, 0) is 23.1 Å². The first-order valence-electron chi connectivity index (χ1n) is 8.98. The van der Waals surface area contributed by atoms with E-state index in [2.05, 4.69) is 22.6 Å². The average molecular weight is 390 g/mol. The number of anilines is 1. The molecule has 1 saturated heterocycles. The van der Waals surface area contributed by atoms with E-state index in [0.717, 1.165) is 31.9 Å². The summed E-state index contributed by atoms with van der Waals surface area (Å²) in [6.07, 6.45) is 0.133. The fraction of sp³-hybridized carbons (Fsp3) is 0.444. The van der Waals surface area contributed by atoms with Gasteiger partial charge >= 0.3 is 0 Å². The molecule has 2 heterocycles. The maximum absolute atomic E-state index is 12.4. The lowest BCUT2D eigenvalue weighted by atomic mass is 10.3. The minimum atomic E-state index is -0.149. The first kappa shape index (κ1) is 19.4. The molecule has 2 N–H and O–H groups in total. The van der Waals surface area contributed by atoms with Gasteiger partial charge in [0.2, 0.25) is 11.8 Å². The molecule has 3 rings (SSSR count). The van der Waals surface area contributed by atoms with E-state index in [1.807, 2.05) is 42.3 Å². The number of nitrogens with one attached hydrogen (secondary N) is 2. The summed E-state index contributed by atoms with van der Waals surface area (Å²) in [5, 5.41) is 11.7. The fourth-order valence-electron chi connectivity index (χ4n) is 2.85. The van der Waals surface area contributed by atoms with Crippen molar-refractivity contribution in [3.8, 4) is 0 Å². The maximum Gasteiger partial charge on any atom is 0.233 e. The van der Waals surface area contributed by atoms with Gasteiger partial charge < -0.3 is 19.7 Å². The predicted octanol–water partition coefficient (Wildman–Crippen LogP) is -0.555. The molecule has 0 spiro atoms. The van der Waals surface area contributed by atoms with Crippen LogP contribution in [0.25, 0.3) is 0 Å². The van der Waals surface area contributed by atoms with Crippen molar-refractivity contribution >= 4 is 29.3 Å². The van der Waals surface area contributed by atoms with Crippen LogP contribution in [0.15, 0.2) is 35.5 Å². The lowest BCUT2D eigenvalue weighted by molar-refractivity contribution is -0.883. The number of likely N-dealkylation sites (N-methyl/N-ethyl adjacent to an activating group) is 1. The number of quaternary nitrogens is 1. The smallest absolute Gasteiger partial charge is 0.233 e. The third-order valence-corrected chi connectivity index (χ3v) is 5.60. The SMILES string of the molecule is Cn1c(CC(=O)Nc2ccccc2)nnc1SCC(=O)N1CC[NH+](C)CC1. The van der Waals surface area contributed by atoms with E-state index in [1.165, 1.54) is 16.7 Å². The van der Waals surface area contributed by atoms with Gasteiger partial charge in [-0.3, -0.25) is 9.59 Å². The highest BCUT2D eigenvalue weighted by atomic mass is 32.2. The van der Waals surface area contributed by atoms with E-state index >= 15 is 0 Å². The van der Waals surface area contributed by atoms with Crippen LogP contribution in [0.5, 0.6) is 0 Å². The van der Waals surface area contributed by atoms with Crippen LogP contribution in [0, 0.1) is 0 Å². The number of aromatic nitrogens is 3. The van der Waals surface area contributed by atoms with E-state index in [0.29, 0.717) is 16.7 Å². The number of rotatable bonds is 6. The van der Waals surface area contributed by atoms with Crippen molar-refractivity contribution in [2.24, 2.45) is 7.05 Å². The van der Waals surface area contributed by atoms with Crippen LogP contribution in [0.1, 0.15) is 5.82 Å². The van der Waals surface area contributed by atoms with E-state index in [-0.39, 0.29) is 18.2 Å². The normalized spacial score (nSPS) is 15.0. The van der Waals surface area contributed by atoms with Crippen LogP contribution in [-0.4, -0.2) is 70.5 Å². The van der Waals surface area contributed by atoms with E-state index in [4.69, 9.17) is 0 Å². The minimum absolute atomic E-state index is 0.124. The van der Waals surface area contributed by atoms with Crippen LogP contribution in [0.4, 0.5) is 5.69 Å². The molecule has 144 valence electrons. The van der Waals surface area contributed by atoms with E-state index < -0.39 is 0 Å². The van der Waals surface area contributed by atoms with Crippen molar-refractivity contribution in [2.45, 2.75) is 11.6 Å². The van der Waals surface area contributed by atoms with Crippen molar-refractivity contribution < 1.29 is 14.5 Å². The molecule has 0 atom stereocenters. The molecule has 9 heteroatoms. The highest BCUT2D eigenvalue weighted by Gasteiger charge is 2.22. The van der Waals surface area contributed by atoms with Gasteiger partial charge in [0.1, 0.15) is 5.82 Å². The van der Waals surface area contributed by atoms with Gasteiger partial charge in [-0.15, -0.1) is 10.2 Å². The number of hydrogen-bond donors (Lipinski definition) is 2. The number of carbonyl (C=O) groups is 2. The number of thioether (sulfide) groups is 1. The Hall–Kier alpha value is -2.39. The van der Waals surface area contributed by atoms with Crippen LogP contribution in [0.3, 0.4) is 0 Å². The van der Waals surface area contributed by atoms with Crippen LogP contribution >= 0.6 is 11.8 Å². The van der Waals surface area contributed by atoms with Crippen molar-refractivity contribution in [3.63, 3.8) is 0 Å². The molecule has 27 heavy (non-hydrogen) atoms. The highest BCUT2D eigenvalue weighted by molar-refractivity contribution is 7.99. The number of benzene rings is 1. The van der Waals surface area contributed by atoms with Gasteiger partial charge in [-0.25, -0.2) is 0 Å². The summed E-state index contributed by atoms with van der Waals surface area (Å²) in [6, 6.07) is 9.30. The van der Waals surface area contributed by atoms with Crippen molar-refractivity contribution in [2.75, 3.05) is 44.3 Å². The van der Waals surface area contributed by atoms with Crippen molar-refractivity contribution in [1.29, 1.82) is 0 Å². The Morgan fingerprint density at radius 2 is 1.89 bits per heavy atom. The lowest BCUT2D eigenvalue weighted by Crippen LogP contribution is -3.12. The quantitative estimate of drug-likeness (QED) is 0.648. The van der Waals surface area contributed by atoms with Crippen molar-refractivity contribution in [1.82, 2.24) is 19.7 Å². The van der Waals surface area contributed by atoms with Gasteiger partial charge in [-0.05, 0) is 12.1 Å². The largest absolute Gasteiger partial charge is 0.334 e. The number of carbonyl (C=O) groups excluding carboxylic acids is 2. The monoisotopic (exact) mass is 389 g/mol. The molecule has 2 amide bonds. The molecule has 0 aliphatic carbocycles. The number of para-hydroxylation sites is 1. The molecule has 1 aromatic heterocycles. The molecule has 1 aliphatic heterocycles. The Balaban J connectivity index is 1.51. The van der Waals surface area contributed by atoms with Gasteiger partial charge in [-0.1, -0.05) is 30.0 Å². The molecule has 1 aliphatic rings. The molecule has 0 bridgehead atoms. The molecular formula is C18H25N6O2S+. The van der Waals surface area contributed by atoms with Gasteiger partial charge in [0.05, 0.1) is 45.4 Å². The number of hydrogen-bond acceptors (Lipinski definition) is 5. The number of nitrogens with zero attached hydrogens (tertiary/aromatic N) is 4. The molecule has 2 aromatic rings. The summed E-state index contributed by atoms with van der Waals surface area (Å²) >= 11 is 1.36. The summed E-state index contributed by atoms with van der Waals surface area (Å²) in [7, 11) is 3.96. The second kappa shape index (κ2) is 9.01. The molecular weight excluding hydrogens is 364 g/mol. The number of piperazine rings is 1. The second-order valence-corrected chi connectivity index (χ2v) is 7.62. The Labute approximate surface area is 162 Å². The minimum Gasteiger partial charge on any atom is -0.334 e. The maximum atomic E-state index is 12.4. The molecule has 0 unspecified atom stereocenters. The first-order chi connectivity index (χ1) is 13.0. The Kier molecular flexibility index (Phi) is 6.46. The van der Waals surface area contributed by atoms with E-state index in [1.54, 1.807) is 4.57 Å². The summed E-state index contributed by atoms with van der Waals surface area (Å²) < 4.78 is 1.77.